The maximum atomic E-state index is 12.3. The lowest BCUT2D eigenvalue weighted by atomic mass is 10.1. The highest BCUT2D eigenvalue weighted by molar-refractivity contribution is 5.81. The average Bonchev–Trinajstić information content (AvgIpc) is 3.01. The second-order valence-corrected chi connectivity index (χ2v) is 5.65. The van der Waals surface area contributed by atoms with E-state index in [4.69, 9.17) is 4.74 Å². The van der Waals surface area contributed by atoms with Gasteiger partial charge in [0.05, 0.1) is 0 Å². The summed E-state index contributed by atoms with van der Waals surface area (Å²) in [5.74, 6) is 0.186. The maximum Gasteiger partial charge on any atom is 0.251 e. The molecule has 1 atom stereocenters. The molecule has 0 N–H and O–H groups in total. The number of rotatable bonds is 2. The van der Waals surface area contributed by atoms with E-state index < -0.39 is 0 Å². The smallest absolute Gasteiger partial charge is 0.251 e. The first-order valence-electron chi connectivity index (χ1n) is 7.46. The fourth-order valence-corrected chi connectivity index (χ4v) is 2.99. The fraction of sp³-hybridized carbons (Fsp3) is 0.562. The van der Waals surface area contributed by atoms with Crippen LogP contribution in [0.3, 0.4) is 0 Å². The first kappa shape index (κ1) is 13.4. The zero-order valence-electron chi connectivity index (χ0n) is 12.0. The van der Waals surface area contributed by atoms with Crippen LogP contribution in [0, 0.1) is 6.92 Å². The van der Waals surface area contributed by atoms with Crippen LogP contribution in [0.25, 0.3) is 0 Å². The van der Waals surface area contributed by atoms with Gasteiger partial charge in [-0.2, -0.15) is 0 Å². The lowest BCUT2D eigenvalue weighted by Crippen LogP contribution is -2.51. The van der Waals surface area contributed by atoms with Gasteiger partial charge in [0.25, 0.3) is 5.91 Å². The van der Waals surface area contributed by atoms with Gasteiger partial charge >= 0.3 is 0 Å². The van der Waals surface area contributed by atoms with Crippen LogP contribution in [0.15, 0.2) is 24.3 Å². The number of benzene rings is 1. The van der Waals surface area contributed by atoms with E-state index >= 15 is 0 Å². The SMILES string of the molecule is Cc1cccc(N2CCN(C(=O)C3CCCO3)CC2)c1. The van der Waals surface area contributed by atoms with Crippen molar-refractivity contribution in [2.75, 3.05) is 37.7 Å². The molecule has 3 rings (SSSR count). The van der Waals surface area contributed by atoms with E-state index in [9.17, 15) is 4.79 Å². The molecule has 108 valence electrons. The lowest BCUT2D eigenvalue weighted by molar-refractivity contribution is -0.141. The van der Waals surface area contributed by atoms with Crippen LogP contribution >= 0.6 is 0 Å². The summed E-state index contributed by atoms with van der Waals surface area (Å²) in [4.78, 5) is 16.6. The molecule has 2 saturated heterocycles. The Balaban J connectivity index is 1.58. The maximum absolute atomic E-state index is 12.3. The molecule has 2 fully saturated rings. The first-order chi connectivity index (χ1) is 9.74. The molecule has 0 spiro atoms. The number of hydrogen-bond donors (Lipinski definition) is 0. The summed E-state index contributed by atoms with van der Waals surface area (Å²) < 4.78 is 5.49. The normalized spacial score (nSPS) is 23.1. The second kappa shape index (κ2) is 5.83. The molecule has 0 bridgehead atoms. The average molecular weight is 274 g/mol. The summed E-state index contributed by atoms with van der Waals surface area (Å²) in [5.41, 5.74) is 2.54. The third kappa shape index (κ3) is 2.80. The standard InChI is InChI=1S/C16H22N2O2/c1-13-4-2-5-14(12-13)17-7-9-18(10-8-17)16(19)15-6-3-11-20-15/h2,4-5,12,15H,3,6-11H2,1H3. The molecular weight excluding hydrogens is 252 g/mol. The molecule has 2 aliphatic heterocycles. The molecule has 1 aromatic rings. The highest BCUT2D eigenvalue weighted by Crippen LogP contribution is 2.20. The molecule has 2 aliphatic rings. The number of carbonyl (C=O) groups is 1. The largest absolute Gasteiger partial charge is 0.368 e. The lowest BCUT2D eigenvalue weighted by Gasteiger charge is -2.37. The number of anilines is 1. The fourth-order valence-electron chi connectivity index (χ4n) is 2.99. The molecule has 4 heteroatoms. The zero-order valence-corrected chi connectivity index (χ0v) is 12.0. The molecule has 2 heterocycles. The number of amides is 1. The van der Waals surface area contributed by atoms with Crippen molar-refractivity contribution in [1.29, 1.82) is 0 Å². The molecule has 1 unspecified atom stereocenters. The second-order valence-electron chi connectivity index (χ2n) is 5.65. The molecule has 0 radical (unpaired) electrons. The predicted octanol–water partition coefficient (Wildman–Crippen LogP) is 1.82. The molecule has 0 aliphatic carbocycles. The minimum absolute atomic E-state index is 0.180. The number of piperazine rings is 1. The Morgan fingerprint density at radius 2 is 2.05 bits per heavy atom. The van der Waals surface area contributed by atoms with Gasteiger partial charge in [0.2, 0.25) is 0 Å². The summed E-state index contributed by atoms with van der Waals surface area (Å²) in [6.45, 7) is 6.25. The monoisotopic (exact) mass is 274 g/mol. The van der Waals surface area contributed by atoms with Crippen molar-refractivity contribution in [2.24, 2.45) is 0 Å². The summed E-state index contributed by atoms with van der Waals surface area (Å²) in [6.07, 6.45) is 1.72. The Morgan fingerprint density at radius 1 is 1.25 bits per heavy atom. The minimum atomic E-state index is -0.180. The Hall–Kier alpha value is -1.55. The number of hydrogen-bond acceptors (Lipinski definition) is 3. The van der Waals surface area contributed by atoms with Crippen LogP contribution in [0.4, 0.5) is 5.69 Å². The number of nitrogens with zero attached hydrogens (tertiary/aromatic N) is 2. The van der Waals surface area contributed by atoms with Crippen molar-refractivity contribution in [2.45, 2.75) is 25.9 Å². The van der Waals surface area contributed by atoms with Gasteiger partial charge in [-0.15, -0.1) is 0 Å². The molecule has 20 heavy (non-hydrogen) atoms. The Labute approximate surface area is 120 Å². The van der Waals surface area contributed by atoms with Crippen LogP contribution in [0.5, 0.6) is 0 Å². The van der Waals surface area contributed by atoms with E-state index in [1.54, 1.807) is 0 Å². The van der Waals surface area contributed by atoms with Crippen LogP contribution in [-0.4, -0.2) is 49.7 Å². The third-order valence-electron chi connectivity index (χ3n) is 4.16. The number of carbonyl (C=O) groups excluding carboxylic acids is 1. The van der Waals surface area contributed by atoms with Gasteiger partial charge in [-0.05, 0) is 37.5 Å². The molecule has 0 aromatic heterocycles. The van der Waals surface area contributed by atoms with E-state index in [-0.39, 0.29) is 12.0 Å². The first-order valence-corrected chi connectivity index (χ1v) is 7.46. The van der Waals surface area contributed by atoms with Crippen LogP contribution in [-0.2, 0) is 9.53 Å². The van der Waals surface area contributed by atoms with Crippen molar-refractivity contribution in [3.8, 4) is 0 Å². The van der Waals surface area contributed by atoms with E-state index in [0.717, 1.165) is 45.6 Å². The van der Waals surface area contributed by atoms with Gasteiger partial charge < -0.3 is 14.5 Å². The summed E-state index contributed by atoms with van der Waals surface area (Å²) in [6, 6.07) is 8.55. The quantitative estimate of drug-likeness (QED) is 0.825. The Morgan fingerprint density at radius 3 is 2.70 bits per heavy atom. The van der Waals surface area contributed by atoms with Crippen molar-refractivity contribution in [3.63, 3.8) is 0 Å². The van der Waals surface area contributed by atoms with Crippen molar-refractivity contribution < 1.29 is 9.53 Å². The van der Waals surface area contributed by atoms with E-state index in [2.05, 4.69) is 36.1 Å². The van der Waals surface area contributed by atoms with Gasteiger partial charge in [-0.3, -0.25) is 4.79 Å². The molecular formula is C16H22N2O2. The van der Waals surface area contributed by atoms with Gasteiger partial charge in [-0.25, -0.2) is 0 Å². The third-order valence-corrected chi connectivity index (χ3v) is 4.16. The number of ether oxygens (including phenoxy) is 1. The van der Waals surface area contributed by atoms with Gasteiger partial charge in [0.15, 0.2) is 0 Å². The number of aryl methyl sites for hydroxylation is 1. The summed E-state index contributed by atoms with van der Waals surface area (Å²) in [7, 11) is 0. The van der Waals surface area contributed by atoms with Crippen molar-refractivity contribution in [3.05, 3.63) is 29.8 Å². The van der Waals surface area contributed by atoms with Gasteiger partial charge in [0, 0.05) is 38.5 Å². The van der Waals surface area contributed by atoms with Crippen LogP contribution in [0.2, 0.25) is 0 Å². The molecule has 1 amide bonds. The Bertz CT molecular complexity index is 475. The zero-order chi connectivity index (χ0) is 13.9. The molecule has 1 aromatic carbocycles. The van der Waals surface area contributed by atoms with E-state index in [1.165, 1.54) is 11.3 Å². The van der Waals surface area contributed by atoms with E-state index in [0.29, 0.717) is 0 Å². The van der Waals surface area contributed by atoms with Gasteiger partial charge in [-0.1, -0.05) is 12.1 Å². The highest BCUT2D eigenvalue weighted by Gasteiger charge is 2.30. The van der Waals surface area contributed by atoms with Crippen LogP contribution < -0.4 is 4.90 Å². The van der Waals surface area contributed by atoms with Crippen molar-refractivity contribution >= 4 is 11.6 Å². The van der Waals surface area contributed by atoms with Crippen LogP contribution in [0.1, 0.15) is 18.4 Å². The predicted molar refractivity (Wildman–Crippen MR) is 78.9 cm³/mol. The summed E-state index contributed by atoms with van der Waals surface area (Å²) in [5, 5.41) is 0. The topological polar surface area (TPSA) is 32.8 Å². The molecule has 4 nitrogen and oxygen atoms in total. The van der Waals surface area contributed by atoms with Gasteiger partial charge in [0.1, 0.15) is 6.10 Å². The Kier molecular flexibility index (Phi) is 3.92. The highest BCUT2D eigenvalue weighted by atomic mass is 16.5. The van der Waals surface area contributed by atoms with Crippen molar-refractivity contribution in [1.82, 2.24) is 4.90 Å². The van der Waals surface area contributed by atoms with E-state index in [1.807, 2.05) is 4.90 Å². The summed E-state index contributed by atoms with van der Waals surface area (Å²) >= 11 is 0. The molecule has 0 saturated carbocycles. The minimum Gasteiger partial charge on any atom is -0.368 e.